The van der Waals surface area contributed by atoms with Gasteiger partial charge in [-0.1, -0.05) is 13.0 Å². The molecule has 13 heteroatoms. The van der Waals surface area contributed by atoms with Crippen molar-refractivity contribution < 1.29 is 27.3 Å². The largest absolute Gasteiger partial charge is 0.419 e. The highest BCUT2D eigenvalue weighted by Crippen LogP contribution is 2.43. The Labute approximate surface area is 238 Å². The summed E-state index contributed by atoms with van der Waals surface area (Å²) in [4.78, 5) is 26.2. The molecule has 3 N–H and O–H groups in total. The van der Waals surface area contributed by atoms with E-state index in [0.717, 1.165) is 25.5 Å². The van der Waals surface area contributed by atoms with Crippen LogP contribution >= 0.6 is 7.14 Å². The quantitative estimate of drug-likeness (QED) is 0.216. The molecule has 41 heavy (non-hydrogen) atoms. The number of likely N-dealkylation sites (N-methyl/N-ethyl adjacent to an activating group) is 2. The number of amides is 1. The van der Waals surface area contributed by atoms with Crippen molar-refractivity contribution in [2.75, 3.05) is 59.0 Å². The maximum Gasteiger partial charge on any atom is 0.419 e. The second kappa shape index (κ2) is 12.5. The minimum absolute atomic E-state index is 0.0921. The molecular formula is C28H38F3N6O3P. The Bertz CT molecular complexity index is 1440. The van der Waals surface area contributed by atoms with Crippen molar-refractivity contribution >= 4 is 35.2 Å². The number of hydrogen-bond donors (Lipinski definition) is 3. The number of carbonyl (C=O) groups is 1. The molecule has 1 aliphatic rings. The topological polar surface area (TPSA) is 112 Å². The van der Waals surface area contributed by atoms with Gasteiger partial charge in [0.05, 0.1) is 30.0 Å². The van der Waals surface area contributed by atoms with Gasteiger partial charge in [-0.25, -0.2) is 9.97 Å². The summed E-state index contributed by atoms with van der Waals surface area (Å²) in [6, 6.07) is 3.20. The lowest BCUT2D eigenvalue weighted by Gasteiger charge is -2.21. The van der Waals surface area contributed by atoms with Crippen molar-refractivity contribution in [2.24, 2.45) is 5.92 Å². The summed E-state index contributed by atoms with van der Waals surface area (Å²) in [5.74, 6) is 0.298. The smallest absolute Gasteiger partial charge is 0.378 e. The van der Waals surface area contributed by atoms with Crippen LogP contribution in [0, 0.1) is 5.92 Å². The first kappa shape index (κ1) is 31.0. The van der Waals surface area contributed by atoms with E-state index in [0.29, 0.717) is 43.1 Å². The van der Waals surface area contributed by atoms with Gasteiger partial charge in [-0.2, -0.15) is 13.2 Å². The second-order valence-corrected chi connectivity index (χ2v) is 14.2. The van der Waals surface area contributed by atoms with Gasteiger partial charge in [0.15, 0.2) is 0 Å². The minimum Gasteiger partial charge on any atom is -0.378 e. The fourth-order valence-electron chi connectivity index (χ4n) is 5.28. The van der Waals surface area contributed by atoms with Gasteiger partial charge in [0, 0.05) is 54.8 Å². The molecule has 0 radical (unpaired) electrons. The highest BCUT2D eigenvalue weighted by Gasteiger charge is 2.37. The molecule has 1 aliphatic carbocycles. The van der Waals surface area contributed by atoms with E-state index >= 15 is 0 Å². The fourth-order valence-corrected chi connectivity index (χ4v) is 6.76. The van der Waals surface area contributed by atoms with Crippen molar-refractivity contribution in [1.82, 2.24) is 25.2 Å². The average Bonchev–Trinajstić information content (AvgIpc) is 3.51. The Hall–Kier alpha value is -2.95. The van der Waals surface area contributed by atoms with E-state index in [1.54, 1.807) is 13.1 Å². The fraction of sp³-hybridized carbons (Fsp3) is 0.536. The normalized spacial score (nSPS) is 17.8. The first-order chi connectivity index (χ1) is 19.3. The molecule has 3 aromatic rings. The molecule has 2 atom stereocenters. The minimum atomic E-state index is -4.69. The molecule has 0 spiro atoms. The number of aromatic nitrogens is 3. The van der Waals surface area contributed by atoms with E-state index in [-0.39, 0.29) is 40.0 Å². The zero-order valence-corrected chi connectivity index (χ0v) is 25.0. The Morgan fingerprint density at radius 2 is 2.00 bits per heavy atom. The van der Waals surface area contributed by atoms with Crippen molar-refractivity contribution in [1.29, 1.82) is 0 Å². The Kier molecular flexibility index (Phi) is 9.45. The van der Waals surface area contributed by atoms with Crippen LogP contribution in [0.25, 0.3) is 22.2 Å². The lowest BCUT2D eigenvalue weighted by Crippen LogP contribution is -2.33. The maximum absolute atomic E-state index is 14.1. The van der Waals surface area contributed by atoms with Crippen LogP contribution in [0.3, 0.4) is 0 Å². The Morgan fingerprint density at radius 1 is 1.24 bits per heavy atom. The summed E-state index contributed by atoms with van der Waals surface area (Å²) in [7, 11) is 0.367. The molecule has 224 valence electrons. The van der Waals surface area contributed by atoms with Crippen LogP contribution in [0.15, 0.2) is 24.5 Å². The van der Waals surface area contributed by atoms with Crippen LogP contribution in [0.4, 0.5) is 19.1 Å². The molecule has 1 amide bonds. The van der Waals surface area contributed by atoms with Crippen LogP contribution < -0.4 is 15.9 Å². The van der Waals surface area contributed by atoms with Crippen LogP contribution in [-0.2, 0) is 15.5 Å². The molecule has 0 aliphatic heterocycles. The number of H-pyrrole nitrogens is 1. The number of alkyl halides is 3. The van der Waals surface area contributed by atoms with Gasteiger partial charge in [0.25, 0.3) is 5.91 Å². The number of anilines is 1. The van der Waals surface area contributed by atoms with Crippen molar-refractivity contribution in [3.8, 4) is 11.3 Å². The Balaban J connectivity index is 1.74. The molecule has 1 aromatic carbocycles. The summed E-state index contributed by atoms with van der Waals surface area (Å²) in [5, 5.41) is 6.85. The van der Waals surface area contributed by atoms with E-state index in [9.17, 15) is 22.5 Å². The third kappa shape index (κ3) is 7.10. The zero-order chi connectivity index (χ0) is 29.9. The first-order valence-corrected chi connectivity index (χ1v) is 16.3. The number of halogens is 3. The highest BCUT2D eigenvalue weighted by atomic mass is 31.2. The first-order valence-electron chi connectivity index (χ1n) is 13.7. The van der Waals surface area contributed by atoms with Gasteiger partial charge in [-0.05, 0) is 51.6 Å². The number of hydrogen-bond acceptors (Lipinski definition) is 7. The number of nitrogens with one attached hydrogen (secondary N) is 3. The second-order valence-electron chi connectivity index (χ2n) is 11.1. The van der Waals surface area contributed by atoms with Crippen molar-refractivity contribution in [3.05, 3.63) is 35.7 Å². The lowest BCUT2D eigenvalue weighted by molar-refractivity contribution is -0.137. The van der Waals surface area contributed by atoms with E-state index in [2.05, 4.69) is 32.5 Å². The van der Waals surface area contributed by atoms with Gasteiger partial charge in [-0.3, -0.25) is 4.79 Å². The van der Waals surface area contributed by atoms with E-state index in [1.807, 2.05) is 7.05 Å². The molecule has 2 heterocycles. The summed E-state index contributed by atoms with van der Waals surface area (Å²) in [6.45, 7) is 7.04. The summed E-state index contributed by atoms with van der Waals surface area (Å²) >= 11 is 0. The predicted molar refractivity (Wildman–Crippen MR) is 156 cm³/mol. The zero-order valence-electron chi connectivity index (χ0n) is 24.1. The van der Waals surface area contributed by atoms with Crippen molar-refractivity contribution in [3.63, 3.8) is 0 Å². The molecule has 2 aromatic heterocycles. The number of fused-ring (bicyclic) bond motifs is 1. The van der Waals surface area contributed by atoms with Crippen molar-refractivity contribution in [2.45, 2.75) is 38.4 Å². The molecule has 0 bridgehead atoms. The number of nitrogens with zero attached hydrogens (tertiary/aromatic N) is 3. The maximum atomic E-state index is 14.1. The SMILES string of the molecule is CNCCOCCN(C)C(=O)c1ccc2c(-c3nc(N[C@H]4CC[C@H](C)C4)ncc3C(F)(F)F)c[nH]c2c1P(C)(C)=O. The van der Waals surface area contributed by atoms with E-state index in [1.165, 1.54) is 30.5 Å². The molecule has 9 nitrogen and oxygen atoms in total. The average molecular weight is 595 g/mol. The third-order valence-electron chi connectivity index (χ3n) is 7.39. The monoisotopic (exact) mass is 594 g/mol. The van der Waals surface area contributed by atoms with Gasteiger partial charge < -0.3 is 29.8 Å². The standard InChI is InChI=1S/C28H38F3N6O3P/c1-17-6-7-18(14-17)35-27-34-16-22(28(29,30)31)23(36-27)21-15-33-24-19(21)8-9-20(25(24)41(4,5)39)26(38)37(3)11-13-40-12-10-32-2/h8-9,15-18,32-33H,6-7,10-14H2,1-5H3,(H,34,35,36)/t17-,18-/m0/s1. The third-order valence-corrected chi connectivity index (χ3v) is 8.93. The van der Waals surface area contributed by atoms with Gasteiger partial charge in [0.1, 0.15) is 12.7 Å². The van der Waals surface area contributed by atoms with Crippen LogP contribution in [0.1, 0.15) is 42.1 Å². The number of rotatable bonds is 11. The van der Waals surface area contributed by atoms with Crippen LogP contribution in [0.5, 0.6) is 0 Å². The molecular weight excluding hydrogens is 556 g/mol. The van der Waals surface area contributed by atoms with Crippen LogP contribution in [0.2, 0.25) is 0 Å². The number of carbonyl (C=O) groups excluding carboxylic acids is 1. The molecule has 0 unspecified atom stereocenters. The van der Waals surface area contributed by atoms with Crippen LogP contribution in [-0.4, -0.2) is 85.5 Å². The number of ether oxygens (including phenoxy) is 1. The highest BCUT2D eigenvalue weighted by molar-refractivity contribution is 7.70. The number of benzene rings is 1. The lowest BCUT2D eigenvalue weighted by atomic mass is 10.0. The predicted octanol–water partition coefficient (Wildman–Crippen LogP) is 4.80. The van der Waals surface area contributed by atoms with Gasteiger partial charge in [0.2, 0.25) is 5.95 Å². The van der Waals surface area contributed by atoms with Gasteiger partial charge in [-0.15, -0.1) is 0 Å². The molecule has 0 saturated heterocycles. The van der Waals surface area contributed by atoms with E-state index < -0.39 is 18.9 Å². The Morgan fingerprint density at radius 3 is 2.63 bits per heavy atom. The number of aromatic amines is 1. The summed E-state index contributed by atoms with van der Waals surface area (Å²) < 4.78 is 61.4. The summed E-state index contributed by atoms with van der Waals surface area (Å²) in [6.07, 6.45) is 0.360. The molecule has 4 rings (SSSR count). The van der Waals surface area contributed by atoms with E-state index in [4.69, 9.17) is 4.74 Å². The summed E-state index contributed by atoms with van der Waals surface area (Å²) in [5.41, 5.74) is -0.482. The molecule has 1 saturated carbocycles. The van der Waals surface area contributed by atoms with Gasteiger partial charge >= 0.3 is 6.18 Å². The molecule has 1 fully saturated rings.